The van der Waals surface area contributed by atoms with Crippen LogP contribution in [0, 0.1) is 10.1 Å². The molecule has 2 heterocycles. The van der Waals surface area contributed by atoms with Gasteiger partial charge in [0.15, 0.2) is 5.03 Å². The van der Waals surface area contributed by atoms with E-state index in [0.717, 1.165) is 6.42 Å². The molecule has 0 N–H and O–H groups in total. The van der Waals surface area contributed by atoms with Gasteiger partial charge >= 0.3 is 5.69 Å². The van der Waals surface area contributed by atoms with Crippen molar-refractivity contribution in [3.63, 3.8) is 0 Å². The van der Waals surface area contributed by atoms with Gasteiger partial charge in [-0.2, -0.15) is 0 Å². The molecule has 1 aromatic heterocycles. The maximum absolute atomic E-state index is 10.9. The molecular formula is C9H10ClN3O3S. The summed E-state index contributed by atoms with van der Waals surface area (Å²) in [6, 6.07) is 0. The van der Waals surface area contributed by atoms with E-state index in [1.165, 1.54) is 18.1 Å². The van der Waals surface area contributed by atoms with Gasteiger partial charge in [0.2, 0.25) is 5.15 Å². The predicted molar refractivity (Wildman–Crippen MR) is 63.4 cm³/mol. The third-order valence-corrected chi connectivity index (χ3v) is 4.22. The van der Waals surface area contributed by atoms with Gasteiger partial charge in [0.1, 0.15) is 6.33 Å². The Kier molecular flexibility index (Phi) is 3.80. The van der Waals surface area contributed by atoms with Crippen LogP contribution in [0.3, 0.4) is 0 Å². The van der Waals surface area contributed by atoms with Crippen LogP contribution < -0.4 is 0 Å². The van der Waals surface area contributed by atoms with Gasteiger partial charge in [-0.15, -0.1) is 0 Å². The first kappa shape index (κ1) is 12.5. The number of nitrogens with zero attached hydrogens (tertiary/aromatic N) is 3. The van der Waals surface area contributed by atoms with Crippen molar-refractivity contribution in [1.82, 2.24) is 9.97 Å². The lowest BCUT2D eigenvalue weighted by molar-refractivity contribution is -0.388. The lowest BCUT2D eigenvalue weighted by atomic mass is 10.3. The Balaban J connectivity index is 2.26. The van der Waals surface area contributed by atoms with Gasteiger partial charge in [0.05, 0.1) is 11.0 Å². The van der Waals surface area contributed by atoms with Crippen molar-refractivity contribution in [1.29, 1.82) is 0 Å². The maximum atomic E-state index is 10.9. The summed E-state index contributed by atoms with van der Waals surface area (Å²) in [5.41, 5.74) is -0.224. The molecule has 0 aromatic carbocycles. The number of nitro groups is 1. The summed E-state index contributed by atoms with van der Waals surface area (Å²) in [6.45, 7) is 2.62. The highest BCUT2D eigenvalue weighted by Crippen LogP contribution is 2.38. The van der Waals surface area contributed by atoms with Crippen molar-refractivity contribution < 1.29 is 9.66 Å². The van der Waals surface area contributed by atoms with Crippen molar-refractivity contribution in [2.75, 3.05) is 6.61 Å². The summed E-state index contributed by atoms with van der Waals surface area (Å²) in [4.78, 5) is 17.9. The number of hydrogen-bond donors (Lipinski definition) is 0. The molecule has 1 saturated heterocycles. The van der Waals surface area contributed by atoms with Crippen LogP contribution in [-0.4, -0.2) is 32.9 Å². The minimum Gasteiger partial charge on any atom is -0.377 e. The Hall–Kier alpha value is -0.920. The Morgan fingerprint density at radius 2 is 2.41 bits per heavy atom. The van der Waals surface area contributed by atoms with Crippen LogP contribution in [0.25, 0.3) is 0 Å². The minimum absolute atomic E-state index is 0.0633. The summed E-state index contributed by atoms with van der Waals surface area (Å²) in [7, 11) is 0. The van der Waals surface area contributed by atoms with Crippen molar-refractivity contribution in [3.8, 4) is 0 Å². The molecular weight excluding hydrogens is 266 g/mol. The average molecular weight is 276 g/mol. The highest BCUT2D eigenvalue weighted by Gasteiger charge is 2.30. The number of halogens is 1. The quantitative estimate of drug-likeness (QED) is 0.478. The van der Waals surface area contributed by atoms with Crippen molar-refractivity contribution >= 4 is 29.1 Å². The molecule has 6 nitrogen and oxygen atoms in total. The standard InChI is InChI=1S/C9H10ClN3O3S/c1-5-6(2-3-16-5)17-9-7(13(14)15)8(10)11-4-12-9/h4-6H,2-3H2,1H3. The van der Waals surface area contributed by atoms with Crippen molar-refractivity contribution in [2.24, 2.45) is 0 Å². The second-order valence-electron chi connectivity index (χ2n) is 3.60. The molecule has 2 atom stereocenters. The molecule has 8 heteroatoms. The van der Waals surface area contributed by atoms with Crippen LogP contribution in [0.4, 0.5) is 5.69 Å². The number of rotatable bonds is 3. The van der Waals surface area contributed by atoms with Crippen molar-refractivity contribution in [3.05, 3.63) is 21.6 Å². The first-order chi connectivity index (χ1) is 8.09. The zero-order chi connectivity index (χ0) is 12.4. The summed E-state index contributed by atoms with van der Waals surface area (Å²) in [5.74, 6) is 0. The van der Waals surface area contributed by atoms with Gasteiger partial charge in [-0.25, -0.2) is 9.97 Å². The second kappa shape index (κ2) is 5.16. The Labute approximate surface area is 107 Å². The van der Waals surface area contributed by atoms with E-state index in [-0.39, 0.29) is 22.2 Å². The Morgan fingerprint density at radius 1 is 1.65 bits per heavy atom. The zero-order valence-electron chi connectivity index (χ0n) is 9.00. The number of aromatic nitrogens is 2. The van der Waals surface area contributed by atoms with E-state index in [9.17, 15) is 10.1 Å². The average Bonchev–Trinajstić information content (AvgIpc) is 2.64. The third-order valence-electron chi connectivity index (χ3n) is 2.50. The van der Waals surface area contributed by atoms with Crippen LogP contribution >= 0.6 is 23.4 Å². The zero-order valence-corrected chi connectivity index (χ0v) is 10.6. The topological polar surface area (TPSA) is 78.2 Å². The Bertz CT molecular complexity index is 445. The smallest absolute Gasteiger partial charge is 0.338 e. The van der Waals surface area contributed by atoms with E-state index < -0.39 is 4.92 Å². The molecule has 1 aromatic rings. The number of hydrogen-bond acceptors (Lipinski definition) is 6. The lowest BCUT2D eigenvalue weighted by Gasteiger charge is -2.12. The van der Waals surface area contributed by atoms with Gasteiger partial charge < -0.3 is 4.74 Å². The maximum Gasteiger partial charge on any atom is 0.338 e. The molecule has 1 aliphatic heterocycles. The molecule has 0 radical (unpaired) electrons. The monoisotopic (exact) mass is 275 g/mol. The second-order valence-corrected chi connectivity index (χ2v) is 5.18. The lowest BCUT2D eigenvalue weighted by Crippen LogP contribution is -2.14. The summed E-state index contributed by atoms with van der Waals surface area (Å²) in [6.07, 6.45) is 2.15. The molecule has 17 heavy (non-hydrogen) atoms. The predicted octanol–water partition coefficient (Wildman–Crippen LogP) is 2.31. The summed E-state index contributed by atoms with van der Waals surface area (Å²) < 4.78 is 5.40. The van der Waals surface area contributed by atoms with E-state index >= 15 is 0 Å². The first-order valence-corrected chi connectivity index (χ1v) is 6.28. The van der Waals surface area contributed by atoms with Gasteiger partial charge in [-0.3, -0.25) is 10.1 Å². The van der Waals surface area contributed by atoms with E-state index in [4.69, 9.17) is 16.3 Å². The first-order valence-electron chi connectivity index (χ1n) is 5.02. The number of ether oxygens (including phenoxy) is 1. The fourth-order valence-corrected chi connectivity index (χ4v) is 3.01. The van der Waals surface area contributed by atoms with E-state index in [1.54, 1.807) is 0 Å². The van der Waals surface area contributed by atoms with E-state index in [2.05, 4.69) is 9.97 Å². The minimum atomic E-state index is -0.550. The van der Waals surface area contributed by atoms with Crippen LogP contribution in [0.15, 0.2) is 11.4 Å². The van der Waals surface area contributed by atoms with E-state index in [0.29, 0.717) is 11.6 Å². The Morgan fingerprint density at radius 3 is 3.00 bits per heavy atom. The van der Waals surface area contributed by atoms with Gasteiger partial charge in [0.25, 0.3) is 0 Å². The molecule has 0 bridgehead atoms. The van der Waals surface area contributed by atoms with Crippen LogP contribution in [-0.2, 0) is 4.74 Å². The molecule has 1 fully saturated rings. The third kappa shape index (κ3) is 2.67. The van der Waals surface area contributed by atoms with Gasteiger partial charge in [-0.05, 0) is 13.3 Å². The SMILES string of the molecule is CC1OCCC1Sc1ncnc(Cl)c1[N+](=O)[O-]. The van der Waals surface area contributed by atoms with Gasteiger partial charge in [-0.1, -0.05) is 23.4 Å². The molecule has 1 aliphatic rings. The molecule has 0 amide bonds. The van der Waals surface area contributed by atoms with Gasteiger partial charge in [0, 0.05) is 11.9 Å². The molecule has 0 aliphatic carbocycles. The fourth-order valence-electron chi connectivity index (χ4n) is 1.59. The normalized spacial score (nSPS) is 23.9. The highest BCUT2D eigenvalue weighted by molar-refractivity contribution is 8.00. The van der Waals surface area contributed by atoms with E-state index in [1.807, 2.05) is 6.92 Å². The highest BCUT2D eigenvalue weighted by atomic mass is 35.5. The van der Waals surface area contributed by atoms with Crippen LogP contribution in [0.1, 0.15) is 13.3 Å². The molecule has 0 spiro atoms. The van der Waals surface area contributed by atoms with Crippen LogP contribution in [0.5, 0.6) is 0 Å². The van der Waals surface area contributed by atoms with Crippen molar-refractivity contribution in [2.45, 2.75) is 29.7 Å². The molecule has 2 unspecified atom stereocenters. The summed E-state index contributed by atoms with van der Waals surface area (Å²) in [5, 5.41) is 11.2. The molecule has 2 rings (SSSR count). The fraction of sp³-hybridized carbons (Fsp3) is 0.556. The summed E-state index contributed by atoms with van der Waals surface area (Å²) >= 11 is 7.04. The largest absolute Gasteiger partial charge is 0.377 e. The molecule has 0 saturated carbocycles. The number of thioether (sulfide) groups is 1. The van der Waals surface area contributed by atoms with Crippen LogP contribution in [0.2, 0.25) is 5.15 Å². The molecule has 92 valence electrons.